The Morgan fingerprint density at radius 2 is 2.09 bits per heavy atom. The summed E-state index contributed by atoms with van der Waals surface area (Å²) in [5, 5.41) is 10.6. The molecule has 124 valence electrons. The molecule has 1 aromatic rings. The predicted molar refractivity (Wildman–Crippen MR) is 107 cm³/mol. The highest BCUT2D eigenvalue weighted by Gasteiger charge is 2.22. The number of guanidine groups is 1. The predicted octanol–water partition coefficient (Wildman–Crippen LogP) is 3.30. The average molecular weight is 434 g/mol. The van der Waals surface area contributed by atoms with Crippen LogP contribution in [0, 0.1) is 5.92 Å². The van der Waals surface area contributed by atoms with Gasteiger partial charge in [0.25, 0.3) is 0 Å². The molecule has 4 nitrogen and oxygen atoms in total. The number of thiophene rings is 1. The maximum Gasteiger partial charge on any atom is 0.191 e. The lowest BCUT2D eigenvalue weighted by Gasteiger charge is -2.33. The maximum absolute atomic E-state index is 4.35. The van der Waals surface area contributed by atoms with E-state index in [1.807, 2.05) is 18.4 Å². The van der Waals surface area contributed by atoms with E-state index in [1.165, 1.54) is 37.1 Å². The van der Waals surface area contributed by atoms with Crippen LogP contribution >= 0.6 is 35.3 Å². The molecular weight excluding hydrogens is 407 g/mol. The summed E-state index contributed by atoms with van der Waals surface area (Å²) in [6, 6.07) is 4.90. The van der Waals surface area contributed by atoms with Crippen LogP contribution in [0.5, 0.6) is 0 Å². The molecule has 0 atom stereocenters. The molecule has 0 spiro atoms. The highest BCUT2D eigenvalue weighted by Crippen LogP contribution is 2.31. The number of hydrogen-bond donors (Lipinski definition) is 2. The van der Waals surface area contributed by atoms with Crippen LogP contribution in [0.1, 0.15) is 32.1 Å². The fourth-order valence-corrected chi connectivity index (χ4v) is 3.67. The quantitative estimate of drug-likeness (QED) is 0.425. The lowest BCUT2D eigenvalue weighted by Crippen LogP contribution is -2.48. The van der Waals surface area contributed by atoms with Gasteiger partial charge in [0.05, 0.1) is 5.00 Å². The van der Waals surface area contributed by atoms with Gasteiger partial charge in [-0.1, -0.05) is 12.8 Å². The summed E-state index contributed by atoms with van der Waals surface area (Å²) in [4.78, 5) is 6.84. The van der Waals surface area contributed by atoms with Crippen LogP contribution in [0.2, 0.25) is 0 Å². The number of anilines is 1. The third-order valence-corrected chi connectivity index (χ3v) is 5.35. The molecule has 2 aliphatic rings. The summed E-state index contributed by atoms with van der Waals surface area (Å²) < 4.78 is 0. The van der Waals surface area contributed by atoms with Gasteiger partial charge in [0.2, 0.25) is 0 Å². The number of halogens is 1. The molecule has 1 saturated carbocycles. The van der Waals surface area contributed by atoms with E-state index in [2.05, 4.69) is 38.0 Å². The fraction of sp³-hybridized carbons (Fsp3) is 0.688. The second kappa shape index (κ2) is 8.96. The van der Waals surface area contributed by atoms with Crippen LogP contribution < -0.4 is 15.5 Å². The molecule has 2 fully saturated rings. The highest BCUT2D eigenvalue weighted by molar-refractivity contribution is 14.0. The van der Waals surface area contributed by atoms with Crippen molar-refractivity contribution in [2.75, 3.05) is 31.6 Å². The van der Waals surface area contributed by atoms with Gasteiger partial charge in [-0.15, -0.1) is 35.3 Å². The number of hydrogen-bond acceptors (Lipinski definition) is 3. The largest absolute Gasteiger partial charge is 0.363 e. The van der Waals surface area contributed by atoms with Crippen molar-refractivity contribution in [2.24, 2.45) is 10.9 Å². The molecule has 1 aromatic heterocycles. The Hall–Kier alpha value is -0.500. The van der Waals surface area contributed by atoms with Gasteiger partial charge in [-0.25, -0.2) is 0 Å². The molecule has 2 N–H and O–H groups in total. The fourth-order valence-electron chi connectivity index (χ4n) is 2.88. The Kier molecular flexibility index (Phi) is 7.27. The van der Waals surface area contributed by atoms with Crippen molar-refractivity contribution in [2.45, 2.75) is 38.1 Å². The molecule has 0 aromatic carbocycles. The summed E-state index contributed by atoms with van der Waals surface area (Å²) >= 11 is 1.84. The summed E-state index contributed by atoms with van der Waals surface area (Å²) in [6.45, 7) is 3.33. The van der Waals surface area contributed by atoms with Crippen molar-refractivity contribution in [3.63, 3.8) is 0 Å². The molecule has 0 amide bonds. The van der Waals surface area contributed by atoms with E-state index in [0.29, 0.717) is 6.04 Å². The molecule has 0 bridgehead atoms. The summed E-state index contributed by atoms with van der Waals surface area (Å²) in [5.74, 6) is 1.95. The van der Waals surface area contributed by atoms with Crippen LogP contribution in [-0.2, 0) is 0 Å². The normalized spacial score (nSPS) is 19.7. The molecule has 22 heavy (non-hydrogen) atoms. The Morgan fingerprint density at radius 1 is 1.32 bits per heavy atom. The van der Waals surface area contributed by atoms with Crippen LogP contribution in [0.15, 0.2) is 22.5 Å². The van der Waals surface area contributed by atoms with Gasteiger partial charge in [0, 0.05) is 32.7 Å². The lowest BCUT2D eigenvalue weighted by molar-refractivity contribution is 0.462. The molecule has 3 rings (SSSR count). The highest BCUT2D eigenvalue weighted by atomic mass is 127. The van der Waals surface area contributed by atoms with Gasteiger partial charge in [0.1, 0.15) is 0 Å². The minimum Gasteiger partial charge on any atom is -0.363 e. The molecule has 1 aliphatic carbocycles. The van der Waals surface area contributed by atoms with Crippen molar-refractivity contribution >= 4 is 46.3 Å². The van der Waals surface area contributed by atoms with Crippen LogP contribution in [0.3, 0.4) is 0 Å². The minimum absolute atomic E-state index is 0. The van der Waals surface area contributed by atoms with E-state index in [-0.39, 0.29) is 24.0 Å². The number of aliphatic imine (C=N–C) groups is 1. The van der Waals surface area contributed by atoms with E-state index < -0.39 is 0 Å². The number of nitrogens with one attached hydrogen (secondary N) is 2. The number of piperidine rings is 1. The van der Waals surface area contributed by atoms with Crippen molar-refractivity contribution < 1.29 is 0 Å². The Bertz CT molecular complexity index is 451. The maximum atomic E-state index is 4.35. The zero-order chi connectivity index (χ0) is 14.5. The molecule has 1 saturated heterocycles. The van der Waals surface area contributed by atoms with Crippen molar-refractivity contribution in [1.29, 1.82) is 0 Å². The average Bonchev–Trinajstić information content (AvgIpc) is 3.18. The summed E-state index contributed by atoms with van der Waals surface area (Å²) in [5.41, 5.74) is 0. The van der Waals surface area contributed by atoms with Gasteiger partial charge in [-0.05, 0) is 42.7 Å². The first kappa shape index (κ1) is 17.8. The smallest absolute Gasteiger partial charge is 0.191 e. The topological polar surface area (TPSA) is 39.7 Å². The summed E-state index contributed by atoms with van der Waals surface area (Å²) in [6.07, 6.45) is 6.50. The summed E-state index contributed by atoms with van der Waals surface area (Å²) in [7, 11) is 1.87. The van der Waals surface area contributed by atoms with E-state index in [9.17, 15) is 0 Å². The second-order valence-electron chi connectivity index (χ2n) is 6.09. The van der Waals surface area contributed by atoms with E-state index >= 15 is 0 Å². The Balaban J connectivity index is 0.00000176. The van der Waals surface area contributed by atoms with Crippen molar-refractivity contribution in [1.82, 2.24) is 10.6 Å². The van der Waals surface area contributed by atoms with Crippen LogP contribution in [0.25, 0.3) is 0 Å². The van der Waals surface area contributed by atoms with Gasteiger partial charge in [-0.2, -0.15) is 0 Å². The number of rotatable bonds is 5. The molecule has 1 aliphatic heterocycles. The molecule has 2 heterocycles. The Labute approximate surface area is 154 Å². The molecule has 0 unspecified atom stereocenters. The minimum atomic E-state index is 0. The first-order chi connectivity index (χ1) is 10.3. The van der Waals surface area contributed by atoms with Gasteiger partial charge < -0.3 is 15.5 Å². The standard InChI is InChI=1S/C16H26N4S.HI/c1-17-16(18-9-6-13-4-5-13)19-14-7-10-20(11-8-14)15-3-2-12-21-15;/h2-3,12-14H,4-11H2,1H3,(H2,17,18,19);1H. The van der Waals surface area contributed by atoms with Crippen molar-refractivity contribution in [3.8, 4) is 0 Å². The molecule has 6 heteroatoms. The van der Waals surface area contributed by atoms with Gasteiger partial charge >= 0.3 is 0 Å². The second-order valence-corrected chi connectivity index (χ2v) is 7.01. The lowest BCUT2D eigenvalue weighted by atomic mass is 10.1. The molecular formula is C16H27IN4S. The van der Waals surface area contributed by atoms with Gasteiger partial charge in [-0.3, -0.25) is 4.99 Å². The third-order valence-electron chi connectivity index (χ3n) is 4.42. The van der Waals surface area contributed by atoms with E-state index in [0.717, 1.165) is 31.5 Å². The van der Waals surface area contributed by atoms with Crippen LogP contribution in [0.4, 0.5) is 5.00 Å². The monoisotopic (exact) mass is 434 g/mol. The van der Waals surface area contributed by atoms with Crippen LogP contribution in [-0.4, -0.2) is 38.7 Å². The molecule has 0 radical (unpaired) electrons. The zero-order valence-electron chi connectivity index (χ0n) is 13.3. The number of nitrogens with zero attached hydrogens (tertiary/aromatic N) is 2. The van der Waals surface area contributed by atoms with Crippen molar-refractivity contribution in [3.05, 3.63) is 17.5 Å². The Morgan fingerprint density at radius 3 is 2.68 bits per heavy atom. The first-order valence-electron chi connectivity index (χ1n) is 8.11. The van der Waals surface area contributed by atoms with E-state index in [1.54, 1.807) is 0 Å². The van der Waals surface area contributed by atoms with Gasteiger partial charge in [0.15, 0.2) is 5.96 Å². The zero-order valence-corrected chi connectivity index (χ0v) is 16.4. The SMILES string of the molecule is CN=C(NCCC1CC1)NC1CCN(c2cccs2)CC1.I. The van der Waals surface area contributed by atoms with E-state index in [4.69, 9.17) is 0 Å². The first-order valence-corrected chi connectivity index (χ1v) is 8.99. The third kappa shape index (κ3) is 5.30.